The van der Waals surface area contributed by atoms with Crippen molar-refractivity contribution < 1.29 is 26.3 Å². The fraction of sp³-hybridized carbons (Fsp3) is 0.0769. The highest BCUT2D eigenvalue weighted by Gasteiger charge is 2.48. The van der Waals surface area contributed by atoms with Crippen molar-refractivity contribution in [1.82, 2.24) is 0 Å². The minimum Gasteiger partial charge on any atom is -0.456 e. The average Bonchev–Trinajstić information content (AvgIpc) is 2.38. The molecule has 4 nitrogen and oxygen atoms in total. The van der Waals surface area contributed by atoms with E-state index in [0.29, 0.717) is 5.69 Å². The van der Waals surface area contributed by atoms with Crippen LogP contribution in [0.5, 0.6) is 11.5 Å². The topological polar surface area (TPSA) is 69.4 Å². The van der Waals surface area contributed by atoms with Gasteiger partial charge in [-0.15, -0.1) is 0 Å². The van der Waals surface area contributed by atoms with Crippen LogP contribution in [0.1, 0.15) is 0 Å². The molecule has 0 spiro atoms. The quantitative estimate of drug-likeness (QED) is 0.881. The lowest BCUT2D eigenvalue weighted by molar-refractivity contribution is -0.0436. The number of anilines is 1. The zero-order chi connectivity index (χ0) is 15.7. The lowest BCUT2D eigenvalue weighted by atomic mass is 10.3. The summed E-state index contributed by atoms with van der Waals surface area (Å²) in [5, 5.41) is 0. The molecule has 2 aromatic carbocycles. The summed E-state index contributed by atoms with van der Waals surface area (Å²) in [6.45, 7) is 0. The molecule has 21 heavy (non-hydrogen) atoms. The number of benzene rings is 2. The molecule has 0 fully saturated rings. The summed E-state index contributed by atoms with van der Waals surface area (Å²) >= 11 is 0. The maximum Gasteiger partial charge on any atom is 0.502 e. The number of ether oxygens (including phenoxy) is 1. The summed E-state index contributed by atoms with van der Waals surface area (Å²) in [5.74, 6) is -0.278. The minimum atomic E-state index is -5.49. The van der Waals surface area contributed by atoms with Gasteiger partial charge in [0.25, 0.3) is 9.84 Å². The third kappa shape index (κ3) is 3.10. The molecule has 0 radical (unpaired) electrons. The zero-order valence-electron chi connectivity index (χ0n) is 10.5. The highest BCUT2D eigenvalue weighted by Crippen LogP contribution is 2.37. The van der Waals surface area contributed by atoms with Crippen molar-refractivity contribution in [3.05, 3.63) is 48.5 Å². The van der Waals surface area contributed by atoms with Gasteiger partial charge in [-0.05, 0) is 24.3 Å². The smallest absolute Gasteiger partial charge is 0.456 e. The fourth-order valence-electron chi connectivity index (χ4n) is 1.59. The van der Waals surface area contributed by atoms with E-state index in [1.54, 1.807) is 6.07 Å². The highest BCUT2D eigenvalue weighted by molar-refractivity contribution is 7.92. The van der Waals surface area contributed by atoms with Crippen molar-refractivity contribution in [3.63, 3.8) is 0 Å². The number of halogens is 3. The molecule has 0 bridgehead atoms. The number of para-hydroxylation sites is 1. The van der Waals surface area contributed by atoms with E-state index >= 15 is 0 Å². The Hall–Kier alpha value is -2.22. The molecule has 0 saturated heterocycles. The standard InChI is InChI=1S/C13H10F3NO3S/c14-13(15,16)21(18,19)12-7-2-1-6-11(12)20-10-5-3-4-9(17)8-10/h1-8H,17H2. The summed E-state index contributed by atoms with van der Waals surface area (Å²) in [7, 11) is -5.49. The van der Waals surface area contributed by atoms with Gasteiger partial charge in [0.15, 0.2) is 0 Å². The number of hydrogen-bond donors (Lipinski definition) is 1. The Morgan fingerprint density at radius 1 is 1.00 bits per heavy atom. The molecule has 8 heteroatoms. The molecule has 2 rings (SSSR count). The van der Waals surface area contributed by atoms with Crippen molar-refractivity contribution in [2.75, 3.05) is 5.73 Å². The lowest BCUT2D eigenvalue weighted by Crippen LogP contribution is -2.23. The van der Waals surface area contributed by atoms with Crippen molar-refractivity contribution >= 4 is 15.5 Å². The molecule has 0 amide bonds. The predicted molar refractivity (Wildman–Crippen MR) is 70.6 cm³/mol. The van der Waals surface area contributed by atoms with Crippen LogP contribution in [0.2, 0.25) is 0 Å². The van der Waals surface area contributed by atoms with Gasteiger partial charge in [0.1, 0.15) is 16.4 Å². The van der Waals surface area contributed by atoms with Gasteiger partial charge in [0.05, 0.1) is 0 Å². The first-order valence-electron chi connectivity index (χ1n) is 5.65. The van der Waals surface area contributed by atoms with E-state index in [1.165, 1.54) is 30.3 Å². The summed E-state index contributed by atoms with van der Waals surface area (Å²) in [4.78, 5) is -0.945. The molecule has 0 heterocycles. The Kier molecular flexibility index (Phi) is 3.82. The average molecular weight is 317 g/mol. The van der Waals surface area contributed by atoms with Crippen LogP contribution in [0.3, 0.4) is 0 Å². The Morgan fingerprint density at radius 3 is 2.29 bits per heavy atom. The van der Waals surface area contributed by atoms with E-state index in [1.807, 2.05) is 0 Å². The Labute approximate surface area is 118 Å². The van der Waals surface area contributed by atoms with Gasteiger partial charge >= 0.3 is 5.51 Å². The maximum atomic E-state index is 12.6. The number of sulfone groups is 1. The lowest BCUT2D eigenvalue weighted by Gasteiger charge is -2.13. The number of alkyl halides is 3. The summed E-state index contributed by atoms with van der Waals surface area (Å²) in [6, 6.07) is 10.5. The number of nitrogens with two attached hydrogens (primary N) is 1. The number of hydrogen-bond acceptors (Lipinski definition) is 4. The van der Waals surface area contributed by atoms with Crippen LogP contribution in [0.4, 0.5) is 18.9 Å². The van der Waals surface area contributed by atoms with Crippen LogP contribution in [0.25, 0.3) is 0 Å². The largest absolute Gasteiger partial charge is 0.502 e. The molecule has 112 valence electrons. The summed E-state index contributed by atoms with van der Waals surface area (Å²) in [5.41, 5.74) is 0.463. The van der Waals surface area contributed by atoms with E-state index < -0.39 is 26.0 Å². The van der Waals surface area contributed by atoms with Gasteiger partial charge in [0, 0.05) is 11.8 Å². The van der Waals surface area contributed by atoms with Crippen LogP contribution in [-0.2, 0) is 9.84 Å². The molecule has 0 atom stereocenters. The van der Waals surface area contributed by atoms with Crippen molar-refractivity contribution in [1.29, 1.82) is 0 Å². The van der Waals surface area contributed by atoms with Crippen LogP contribution < -0.4 is 10.5 Å². The van der Waals surface area contributed by atoms with Crippen LogP contribution in [0.15, 0.2) is 53.4 Å². The summed E-state index contributed by atoms with van der Waals surface area (Å²) < 4.78 is 66.1. The van der Waals surface area contributed by atoms with Crippen LogP contribution in [0, 0.1) is 0 Å². The van der Waals surface area contributed by atoms with Gasteiger partial charge in [-0.25, -0.2) is 8.42 Å². The molecule has 2 aromatic rings. The maximum absolute atomic E-state index is 12.6. The number of nitrogen functional groups attached to an aromatic ring is 1. The van der Waals surface area contributed by atoms with Crippen LogP contribution in [-0.4, -0.2) is 13.9 Å². The Morgan fingerprint density at radius 2 is 1.67 bits per heavy atom. The molecule has 0 aliphatic heterocycles. The number of rotatable bonds is 3. The first-order chi connectivity index (χ1) is 9.72. The highest BCUT2D eigenvalue weighted by atomic mass is 32.2. The second kappa shape index (κ2) is 5.28. The van der Waals surface area contributed by atoms with Crippen molar-refractivity contribution in [2.24, 2.45) is 0 Å². The van der Waals surface area contributed by atoms with Gasteiger partial charge in [-0.1, -0.05) is 18.2 Å². The molecule has 0 aliphatic rings. The fourth-order valence-corrected chi connectivity index (χ4v) is 2.47. The second-order valence-corrected chi connectivity index (χ2v) is 5.98. The monoisotopic (exact) mass is 317 g/mol. The molecular weight excluding hydrogens is 307 g/mol. The Bertz CT molecular complexity index is 757. The molecule has 0 saturated carbocycles. The van der Waals surface area contributed by atoms with Gasteiger partial charge in [-0.2, -0.15) is 13.2 Å². The normalized spacial score (nSPS) is 12.1. The first kappa shape index (κ1) is 15.2. The molecular formula is C13H10F3NO3S. The minimum absolute atomic E-state index is 0.139. The predicted octanol–water partition coefficient (Wildman–Crippen LogP) is 3.35. The van der Waals surface area contributed by atoms with E-state index in [0.717, 1.165) is 12.1 Å². The Balaban J connectivity index is 2.48. The molecule has 2 N–H and O–H groups in total. The van der Waals surface area contributed by atoms with Gasteiger partial charge in [-0.3, -0.25) is 0 Å². The third-order valence-electron chi connectivity index (χ3n) is 2.53. The SMILES string of the molecule is Nc1cccc(Oc2ccccc2S(=O)(=O)C(F)(F)F)c1. The molecule has 0 aliphatic carbocycles. The van der Waals surface area contributed by atoms with Crippen LogP contribution >= 0.6 is 0 Å². The van der Waals surface area contributed by atoms with Gasteiger partial charge < -0.3 is 10.5 Å². The van der Waals surface area contributed by atoms with E-state index in [2.05, 4.69) is 0 Å². The van der Waals surface area contributed by atoms with E-state index in [4.69, 9.17) is 10.5 Å². The molecule has 0 aromatic heterocycles. The van der Waals surface area contributed by atoms with Crippen molar-refractivity contribution in [3.8, 4) is 11.5 Å². The zero-order valence-corrected chi connectivity index (χ0v) is 11.3. The second-order valence-electron chi connectivity index (χ2n) is 4.07. The summed E-state index contributed by atoms with van der Waals surface area (Å²) in [6.07, 6.45) is 0. The van der Waals surface area contributed by atoms with E-state index in [9.17, 15) is 21.6 Å². The van der Waals surface area contributed by atoms with Gasteiger partial charge in [0.2, 0.25) is 0 Å². The third-order valence-corrected chi connectivity index (χ3v) is 4.06. The first-order valence-corrected chi connectivity index (χ1v) is 7.14. The molecule has 0 unspecified atom stereocenters. The van der Waals surface area contributed by atoms with E-state index in [-0.39, 0.29) is 5.75 Å². The van der Waals surface area contributed by atoms with Crippen molar-refractivity contribution in [2.45, 2.75) is 10.4 Å².